The van der Waals surface area contributed by atoms with E-state index in [0.29, 0.717) is 17.9 Å². The highest BCUT2D eigenvalue weighted by Crippen LogP contribution is 2.31. The average Bonchev–Trinajstić information content (AvgIpc) is 2.36. The van der Waals surface area contributed by atoms with Crippen LogP contribution in [0.3, 0.4) is 0 Å². The molecule has 106 valence electrons. The van der Waals surface area contributed by atoms with Gasteiger partial charge in [-0.3, -0.25) is 4.79 Å². The maximum absolute atomic E-state index is 11.9. The Bertz CT molecular complexity index is 450. The van der Waals surface area contributed by atoms with Crippen molar-refractivity contribution in [2.24, 2.45) is 5.73 Å². The van der Waals surface area contributed by atoms with Gasteiger partial charge in [-0.2, -0.15) is 0 Å². The SMILES string of the molecule is CC[C@H](N)C(=O)Nc1cc(C(C)(C)C)ccc1OC. The monoisotopic (exact) mass is 264 g/mol. The Morgan fingerprint density at radius 1 is 1.42 bits per heavy atom. The Labute approximate surface area is 115 Å². The van der Waals surface area contributed by atoms with Crippen LogP contribution in [0.4, 0.5) is 5.69 Å². The number of methoxy groups -OCH3 is 1. The lowest BCUT2D eigenvalue weighted by Crippen LogP contribution is -2.35. The number of hydrogen-bond acceptors (Lipinski definition) is 3. The number of carbonyl (C=O) groups is 1. The summed E-state index contributed by atoms with van der Waals surface area (Å²) in [6, 6.07) is 5.32. The maximum Gasteiger partial charge on any atom is 0.241 e. The highest BCUT2D eigenvalue weighted by Gasteiger charge is 2.18. The Morgan fingerprint density at radius 2 is 2.05 bits per heavy atom. The molecule has 3 N–H and O–H groups in total. The number of nitrogens with one attached hydrogen (secondary N) is 1. The number of ether oxygens (including phenoxy) is 1. The van der Waals surface area contributed by atoms with Crippen LogP contribution in [0.25, 0.3) is 0 Å². The van der Waals surface area contributed by atoms with E-state index in [2.05, 4.69) is 26.1 Å². The van der Waals surface area contributed by atoms with Crippen molar-refractivity contribution in [3.05, 3.63) is 23.8 Å². The molecule has 0 aliphatic carbocycles. The molecule has 0 fully saturated rings. The van der Waals surface area contributed by atoms with Crippen LogP contribution < -0.4 is 15.8 Å². The van der Waals surface area contributed by atoms with E-state index in [1.54, 1.807) is 7.11 Å². The highest BCUT2D eigenvalue weighted by atomic mass is 16.5. The van der Waals surface area contributed by atoms with Crippen molar-refractivity contribution in [1.82, 2.24) is 0 Å². The van der Waals surface area contributed by atoms with Gasteiger partial charge >= 0.3 is 0 Å². The molecule has 0 spiro atoms. The number of carbonyl (C=O) groups excluding carboxylic acids is 1. The molecule has 1 aromatic carbocycles. The lowest BCUT2D eigenvalue weighted by atomic mass is 9.87. The second-order valence-electron chi connectivity index (χ2n) is 5.67. The first-order chi connectivity index (χ1) is 8.79. The summed E-state index contributed by atoms with van der Waals surface area (Å²) in [6.45, 7) is 8.25. The van der Waals surface area contributed by atoms with E-state index in [4.69, 9.17) is 10.5 Å². The van der Waals surface area contributed by atoms with Gasteiger partial charge in [-0.1, -0.05) is 33.8 Å². The van der Waals surface area contributed by atoms with Crippen LogP contribution >= 0.6 is 0 Å². The smallest absolute Gasteiger partial charge is 0.241 e. The number of anilines is 1. The molecule has 0 saturated heterocycles. The zero-order chi connectivity index (χ0) is 14.6. The predicted octanol–water partition coefficient (Wildman–Crippen LogP) is 2.67. The van der Waals surface area contributed by atoms with Gasteiger partial charge in [0, 0.05) is 0 Å². The minimum absolute atomic E-state index is 0.0125. The van der Waals surface area contributed by atoms with Gasteiger partial charge in [0.25, 0.3) is 0 Å². The molecule has 0 aliphatic heterocycles. The number of hydrogen-bond donors (Lipinski definition) is 2. The Kier molecular flexibility index (Phi) is 4.95. The van der Waals surface area contributed by atoms with Gasteiger partial charge < -0.3 is 15.8 Å². The van der Waals surface area contributed by atoms with E-state index in [1.807, 2.05) is 25.1 Å². The van der Waals surface area contributed by atoms with Crippen LogP contribution in [0, 0.1) is 0 Å². The standard InChI is InChI=1S/C15H24N2O2/c1-6-11(16)14(18)17-12-9-10(15(2,3)4)7-8-13(12)19-5/h7-9,11H,6,16H2,1-5H3,(H,17,18)/t11-/m0/s1. The minimum Gasteiger partial charge on any atom is -0.495 e. The fourth-order valence-corrected chi connectivity index (χ4v) is 1.68. The zero-order valence-corrected chi connectivity index (χ0v) is 12.4. The molecule has 0 unspecified atom stereocenters. The number of amides is 1. The molecule has 1 amide bonds. The summed E-state index contributed by atoms with van der Waals surface area (Å²) in [5.74, 6) is 0.455. The van der Waals surface area contributed by atoms with Gasteiger partial charge in [-0.15, -0.1) is 0 Å². The molecule has 1 aromatic rings. The first kappa shape index (κ1) is 15.5. The first-order valence-electron chi connectivity index (χ1n) is 6.54. The first-order valence-corrected chi connectivity index (χ1v) is 6.54. The second kappa shape index (κ2) is 6.06. The van der Waals surface area contributed by atoms with Crippen molar-refractivity contribution >= 4 is 11.6 Å². The summed E-state index contributed by atoms with van der Waals surface area (Å²) in [6.07, 6.45) is 0.604. The Morgan fingerprint density at radius 3 is 2.53 bits per heavy atom. The van der Waals surface area contributed by atoms with E-state index in [-0.39, 0.29) is 11.3 Å². The largest absolute Gasteiger partial charge is 0.495 e. The molecule has 4 heteroatoms. The Balaban J connectivity index is 3.07. The van der Waals surface area contributed by atoms with Crippen LogP contribution in [0.15, 0.2) is 18.2 Å². The van der Waals surface area contributed by atoms with Crippen LogP contribution in [-0.4, -0.2) is 19.1 Å². The summed E-state index contributed by atoms with van der Waals surface area (Å²) in [5.41, 5.74) is 7.54. The third-order valence-corrected chi connectivity index (χ3v) is 3.10. The summed E-state index contributed by atoms with van der Waals surface area (Å²) >= 11 is 0. The van der Waals surface area contributed by atoms with E-state index < -0.39 is 6.04 Å². The van der Waals surface area contributed by atoms with Crippen molar-refractivity contribution in [1.29, 1.82) is 0 Å². The third-order valence-electron chi connectivity index (χ3n) is 3.10. The van der Waals surface area contributed by atoms with Gasteiger partial charge in [0.2, 0.25) is 5.91 Å². The molecule has 0 bridgehead atoms. The molecule has 0 heterocycles. The molecule has 4 nitrogen and oxygen atoms in total. The van der Waals surface area contributed by atoms with Crippen molar-refractivity contribution in [2.45, 2.75) is 45.6 Å². The van der Waals surface area contributed by atoms with E-state index >= 15 is 0 Å². The van der Waals surface area contributed by atoms with Crippen LogP contribution in [-0.2, 0) is 10.2 Å². The molecule has 0 aliphatic rings. The number of rotatable bonds is 4. The molecular formula is C15H24N2O2. The molecule has 0 saturated carbocycles. The quantitative estimate of drug-likeness (QED) is 0.878. The van der Waals surface area contributed by atoms with Crippen LogP contribution in [0.5, 0.6) is 5.75 Å². The summed E-state index contributed by atoms with van der Waals surface area (Å²) < 4.78 is 5.27. The van der Waals surface area contributed by atoms with Gasteiger partial charge in [0.1, 0.15) is 5.75 Å². The van der Waals surface area contributed by atoms with Gasteiger partial charge in [-0.05, 0) is 29.5 Å². The molecule has 0 radical (unpaired) electrons. The summed E-state index contributed by atoms with van der Waals surface area (Å²) in [7, 11) is 1.58. The molecule has 1 atom stereocenters. The van der Waals surface area contributed by atoms with E-state index in [1.165, 1.54) is 0 Å². The van der Waals surface area contributed by atoms with Gasteiger partial charge in [0.15, 0.2) is 0 Å². The third kappa shape index (κ3) is 3.96. The molecule has 19 heavy (non-hydrogen) atoms. The molecule has 0 aromatic heterocycles. The normalized spacial score (nSPS) is 12.9. The molecule has 1 rings (SSSR count). The summed E-state index contributed by atoms with van der Waals surface area (Å²) in [5, 5.41) is 2.84. The van der Waals surface area contributed by atoms with Crippen LogP contribution in [0.1, 0.15) is 39.7 Å². The predicted molar refractivity (Wildman–Crippen MR) is 78.6 cm³/mol. The lowest BCUT2D eigenvalue weighted by molar-refractivity contribution is -0.117. The van der Waals surface area contributed by atoms with Crippen molar-refractivity contribution in [3.8, 4) is 5.75 Å². The fraction of sp³-hybridized carbons (Fsp3) is 0.533. The summed E-state index contributed by atoms with van der Waals surface area (Å²) in [4.78, 5) is 11.9. The number of benzene rings is 1. The van der Waals surface area contributed by atoms with Crippen molar-refractivity contribution < 1.29 is 9.53 Å². The van der Waals surface area contributed by atoms with E-state index in [9.17, 15) is 4.79 Å². The zero-order valence-electron chi connectivity index (χ0n) is 12.4. The molecular weight excluding hydrogens is 240 g/mol. The number of nitrogens with two attached hydrogens (primary N) is 1. The minimum atomic E-state index is -0.497. The van der Waals surface area contributed by atoms with Gasteiger partial charge in [0.05, 0.1) is 18.8 Å². The maximum atomic E-state index is 11.9. The lowest BCUT2D eigenvalue weighted by Gasteiger charge is -2.21. The van der Waals surface area contributed by atoms with Crippen molar-refractivity contribution in [2.75, 3.05) is 12.4 Å². The fourth-order valence-electron chi connectivity index (χ4n) is 1.68. The van der Waals surface area contributed by atoms with E-state index in [0.717, 1.165) is 5.56 Å². The Hall–Kier alpha value is -1.55. The highest BCUT2D eigenvalue weighted by molar-refractivity contribution is 5.96. The average molecular weight is 264 g/mol. The van der Waals surface area contributed by atoms with Crippen molar-refractivity contribution in [3.63, 3.8) is 0 Å². The topological polar surface area (TPSA) is 64.4 Å². The van der Waals surface area contributed by atoms with Crippen LogP contribution in [0.2, 0.25) is 0 Å². The van der Waals surface area contributed by atoms with Gasteiger partial charge in [-0.25, -0.2) is 0 Å². The second-order valence-corrected chi connectivity index (χ2v) is 5.67.